The maximum atomic E-state index is 13.7. The molecule has 3 nitrogen and oxygen atoms in total. The van der Waals surface area contributed by atoms with E-state index in [-0.39, 0.29) is 21.8 Å². The van der Waals surface area contributed by atoms with Gasteiger partial charge in [-0.25, -0.2) is 14.2 Å². The molecule has 0 atom stereocenters. The molecule has 0 saturated heterocycles. The maximum Gasteiger partial charge on any atom is 0.355 e. The third-order valence-corrected chi connectivity index (χ3v) is 2.47. The quantitative estimate of drug-likeness (QED) is 0.891. The molecule has 0 aliphatic rings. The summed E-state index contributed by atoms with van der Waals surface area (Å²) in [5.41, 5.74) is 0.211. The predicted octanol–water partition coefficient (Wildman–Crippen LogP) is 3.24. The van der Waals surface area contributed by atoms with Gasteiger partial charge in [-0.1, -0.05) is 17.7 Å². The molecule has 5 heteroatoms. The zero-order valence-electron chi connectivity index (χ0n) is 8.52. The standard InChI is InChI=1S/C12H7ClFNO2/c13-7-3-4-8(10(14)6-7)9-2-1-5-15-11(9)12(16)17/h1-6H,(H,16,17). The summed E-state index contributed by atoms with van der Waals surface area (Å²) in [7, 11) is 0. The van der Waals surface area contributed by atoms with Crippen molar-refractivity contribution < 1.29 is 14.3 Å². The molecule has 0 spiro atoms. The minimum absolute atomic E-state index is 0.167. The van der Waals surface area contributed by atoms with Gasteiger partial charge >= 0.3 is 5.97 Å². The van der Waals surface area contributed by atoms with Crippen LogP contribution < -0.4 is 0 Å². The Balaban J connectivity index is 2.64. The van der Waals surface area contributed by atoms with Crippen LogP contribution in [-0.2, 0) is 0 Å². The van der Waals surface area contributed by atoms with Gasteiger partial charge in [0.15, 0.2) is 5.69 Å². The van der Waals surface area contributed by atoms with E-state index in [0.717, 1.165) is 6.07 Å². The highest BCUT2D eigenvalue weighted by molar-refractivity contribution is 6.30. The van der Waals surface area contributed by atoms with Gasteiger partial charge in [0, 0.05) is 22.3 Å². The first-order valence-corrected chi connectivity index (χ1v) is 5.11. The van der Waals surface area contributed by atoms with Crippen LogP contribution in [0, 0.1) is 5.82 Å². The molecule has 1 aromatic carbocycles. The number of carbonyl (C=O) groups is 1. The number of benzene rings is 1. The van der Waals surface area contributed by atoms with Gasteiger partial charge in [-0.3, -0.25) is 0 Å². The number of rotatable bonds is 2. The minimum atomic E-state index is -1.20. The van der Waals surface area contributed by atoms with Crippen LogP contribution in [0.3, 0.4) is 0 Å². The van der Waals surface area contributed by atoms with E-state index in [1.165, 1.54) is 24.4 Å². The molecule has 0 saturated carbocycles. The molecule has 0 amide bonds. The smallest absolute Gasteiger partial charge is 0.355 e. The van der Waals surface area contributed by atoms with E-state index >= 15 is 0 Å². The first kappa shape index (κ1) is 11.5. The third-order valence-electron chi connectivity index (χ3n) is 2.23. The summed E-state index contributed by atoms with van der Waals surface area (Å²) in [5, 5.41) is 9.22. The molecule has 1 aromatic heterocycles. The molecule has 0 aliphatic carbocycles. The maximum absolute atomic E-state index is 13.7. The highest BCUT2D eigenvalue weighted by Crippen LogP contribution is 2.27. The molecule has 0 unspecified atom stereocenters. The highest BCUT2D eigenvalue weighted by atomic mass is 35.5. The number of aromatic carboxylic acids is 1. The van der Waals surface area contributed by atoms with Crippen molar-refractivity contribution in [2.75, 3.05) is 0 Å². The van der Waals surface area contributed by atoms with Crippen molar-refractivity contribution in [3.8, 4) is 11.1 Å². The van der Waals surface area contributed by atoms with Gasteiger partial charge in [0.2, 0.25) is 0 Å². The molecule has 2 aromatic rings. The van der Waals surface area contributed by atoms with E-state index in [9.17, 15) is 9.18 Å². The lowest BCUT2D eigenvalue weighted by Crippen LogP contribution is -2.03. The molecule has 0 fully saturated rings. The lowest BCUT2D eigenvalue weighted by molar-refractivity contribution is 0.0691. The number of hydrogen-bond acceptors (Lipinski definition) is 2. The summed E-state index contributed by atoms with van der Waals surface area (Å²) in [5.74, 6) is -1.78. The summed E-state index contributed by atoms with van der Waals surface area (Å²) >= 11 is 5.63. The molecular formula is C12H7ClFNO2. The normalized spacial score (nSPS) is 10.2. The van der Waals surface area contributed by atoms with Crippen LogP contribution in [-0.4, -0.2) is 16.1 Å². The van der Waals surface area contributed by atoms with Gasteiger partial charge in [-0.05, 0) is 24.3 Å². The summed E-state index contributed by atoms with van der Waals surface area (Å²) < 4.78 is 13.7. The Labute approximate surface area is 101 Å². The van der Waals surface area contributed by atoms with Gasteiger partial charge < -0.3 is 5.11 Å². The van der Waals surface area contributed by atoms with Crippen molar-refractivity contribution in [1.29, 1.82) is 0 Å². The van der Waals surface area contributed by atoms with Gasteiger partial charge in [0.1, 0.15) is 5.82 Å². The summed E-state index contributed by atoms with van der Waals surface area (Å²) in [6, 6.07) is 7.12. The van der Waals surface area contributed by atoms with Crippen molar-refractivity contribution in [3.05, 3.63) is 53.1 Å². The largest absolute Gasteiger partial charge is 0.476 e. The van der Waals surface area contributed by atoms with Crippen LogP contribution in [0.4, 0.5) is 4.39 Å². The second kappa shape index (κ2) is 4.51. The Morgan fingerprint density at radius 1 is 1.29 bits per heavy atom. The van der Waals surface area contributed by atoms with Crippen LogP contribution >= 0.6 is 11.6 Å². The molecule has 0 radical (unpaired) electrons. The van der Waals surface area contributed by atoms with Gasteiger partial charge in [0.25, 0.3) is 0 Å². The van der Waals surface area contributed by atoms with Crippen LogP contribution in [0.5, 0.6) is 0 Å². The topological polar surface area (TPSA) is 50.2 Å². The van der Waals surface area contributed by atoms with E-state index in [1.807, 2.05) is 0 Å². The van der Waals surface area contributed by atoms with E-state index in [0.29, 0.717) is 0 Å². The molecule has 0 bridgehead atoms. The van der Waals surface area contributed by atoms with Crippen LogP contribution in [0.2, 0.25) is 5.02 Å². The second-order valence-corrected chi connectivity index (χ2v) is 3.77. The molecule has 17 heavy (non-hydrogen) atoms. The first-order chi connectivity index (χ1) is 8.09. The van der Waals surface area contributed by atoms with Crippen molar-refractivity contribution in [2.24, 2.45) is 0 Å². The predicted molar refractivity (Wildman–Crippen MR) is 61.6 cm³/mol. The number of hydrogen-bond donors (Lipinski definition) is 1. The Hall–Kier alpha value is -1.94. The fourth-order valence-corrected chi connectivity index (χ4v) is 1.66. The fourth-order valence-electron chi connectivity index (χ4n) is 1.50. The van der Waals surface area contributed by atoms with E-state index in [2.05, 4.69) is 4.98 Å². The molecule has 1 N–H and O–H groups in total. The van der Waals surface area contributed by atoms with Crippen LogP contribution in [0.15, 0.2) is 36.5 Å². The van der Waals surface area contributed by atoms with Crippen molar-refractivity contribution in [1.82, 2.24) is 4.98 Å². The molecule has 0 aliphatic heterocycles. The highest BCUT2D eigenvalue weighted by Gasteiger charge is 2.15. The number of pyridine rings is 1. The zero-order chi connectivity index (χ0) is 12.4. The molecular weight excluding hydrogens is 245 g/mol. The Morgan fingerprint density at radius 3 is 2.71 bits per heavy atom. The number of aromatic nitrogens is 1. The number of carboxylic acid groups (broad SMARTS) is 1. The average molecular weight is 252 g/mol. The van der Waals surface area contributed by atoms with Crippen molar-refractivity contribution in [3.63, 3.8) is 0 Å². The Kier molecular flexibility index (Phi) is 3.06. The summed E-state index contributed by atoms with van der Waals surface area (Å²) in [6.07, 6.45) is 1.35. The third kappa shape index (κ3) is 2.26. The Bertz CT molecular complexity index is 586. The monoisotopic (exact) mass is 251 g/mol. The lowest BCUT2D eigenvalue weighted by atomic mass is 10.0. The van der Waals surface area contributed by atoms with Gasteiger partial charge in [0.05, 0.1) is 0 Å². The van der Waals surface area contributed by atoms with Crippen LogP contribution in [0.1, 0.15) is 10.5 Å². The van der Waals surface area contributed by atoms with E-state index < -0.39 is 11.8 Å². The molecule has 1 heterocycles. The summed E-state index contributed by atoms with van der Waals surface area (Å²) in [6.45, 7) is 0. The van der Waals surface area contributed by atoms with Gasteiger partial charge in [-0.2, -0.15) is 0 Å². The zero-order valence-corrected chi connectivity index (χ0v) is 9.28. The van der Waals surface area contributed by atoms with E-state index in [1.54, 1.807) is 6.07 Å². The number of halogens is 2. The number of carboxylic acids is 1. The van der Waals surface area contributed by atoms with Crippen molar-refractivity contribution >= 4 is 17.6 Å². The lowest BCUT2D eigenvalue weighted by Gasteiger charge is -2.06. The summed E-state index contributed by atoms with van der Waals surface area (Å²) in [4.78, 5) is 14.7. The average Bonchev–Trinajstić information content (AvgIpc) is 2.29. The Morgan fingerprint density at radius 2 is 2.06 bits per heavy atom. The molecule has 2 rings (SSSR count). The van der Waals surface area contributed by atoms with E-state index in [4.69, 9.17) is 16.7 Å². The first-order valence-electron chi connectivity index (χ1n) is 4.73. The van der Waals surface area contributed by atoms with Crippen LogP contribution in [0.25, 0.3) is 11.1 Å². The second-order valence-electron chi connectivity index (χ2n) is 3.33. The van der Waals surface area contributed by atoms with Gasteiger partial charge in [-0.15, -0.1) is 0 Å². The minimum Gasteiger partial charge on any atom is -0.476 e. The SMILES string of the molecule is O=C(O)c1ncccc1-c1ccc(Cl)cc1F. The number of nitrogens with zero attached hydrogens (tertiary/aromatic N) is 1. The molecule has 86 valence electrons. The fraction of sp³-hybridized carbons (Fsp3) is 0. The van der Waals surface area contributed by atoms with Crippen molar-refractivity contribution in [2.45, 2.75) is 0 Å².